The van der Waals surface area contributed by atoms with Crippen LogP contribution in [-0.2, 0) is 0 Å². The molecule has 0 saturated carbocycles. The van der Waals surface area contributed by atoms with E-state index in [1.165, 1.54) is 0 Å². The number of rotatable bonds is 2. The van der Waals surface area contributed by atoms with Gasteiger partial charge in [0.15, 0.2) is 0 Å². The lowest BCUT2D eigenvalue weighted by Crippen LogP contribution is -1.88. The van der Waals surface area contributed by atoms with Crippen LogP contribution >= 0.6 is 0 Å². The molecule has 6 heteroatoms. The summed E-state index contributed by atoms with van der Waals surface area (Å²) in [5, 5.41) is 12.8. The maximum atomic E-state index is 5.77. The molecule has 4 aromatic rings. The largest absolute Gasteiger partial charge is 0.383 e. The zero-order chi connectivity index (χ0) is 14.2. The monoisotopic (exact) mass is 277 g/mol. The predicted molar refractivity (Wildman–Crippen MR) is 79.2 cm³/mol. The lowest BCUT2D eigenvalue weighted by atomic mass is 10.0. The van der Waals surface area contributed by atoms with Crippen LogP contribution in [0.25, 0.3) is 33.6 Å². The molecule has 0 atom stereocenters. The third kappa shape index (κ3) is 1.85. The highest BCUT2D eigenvalue weighted by atomic mass is 16.5. The van der Waals surface area contributed by atoms with E-state index in [1.54, 1.807) is 6.20 Å². The van der Waals surface area contributed by atoms with Gasteiger partial charge in [-0.25, -0.2) is 0 Å². The summed E-state index contributed by atoms with van der Waals surface area (Å²) < 4.78 is 5.29. The van der Waals surface area contributed by atoms with Gasteiger partial charge in [-0.3, -0.25) is 5.10 Å². The molecule has 0 fully saturated rings. The third-order valence-corrected chi connectivity index (χ3v) is 3.36. The summed E-state index contributed by atoms with van der Waals surface area (Å²) in [6.07, 6.45) is 1.57. The SMILES string of the molecule is Nc1[nH]ncc1-c1nc(-c2cccc3ccccc23)no1. The Kier molecular flexibility index (Phi) is 2.47. The second-order valence-electron chi connectivity index (χ2n) is 4.65. The number of hydrogen-bond donors (Lipinski definition) is 2. The summed E-state index contributed by atoms with van der Waals surface area (Å²) in [6.45, 7) is 0. The highest BCUT2D eigenvalue weighted by Gasteiger charge is 2.15. The number of anilines is 1. The predicted octanol–water partition coefficient (Wildman–Crippen LogP) is 2.86. The maximum absolute atomic E-state index is 5.77. The Balaban J connectivity index is 1.87. The number of aromatic amines is 1. The number of nitrogens with one attached hydrogen (secondary N) is 1. The molecule has 2 aromatic heterocycles. The highest BCUT2D eigenvalue weighted by Crippen LogP contribution is 2.29. The third-order valence-electron chi connectivity index (χ3n) is 3.36. The van der Waals surface area contributed by atoms with Gasteiger partial charge in [-0.1, -0.05) is 47.6 Å². The van der Waals surface area contributed by atoms with E-state index >= 15 is 0 Å². The Morgan fingerprint density at radius 2 is 1.86 bits per heavy atom. The van der Waals surface area contributed by atoms with Crippen molar-refractivity contribution >= 4 is 16.6 Å². The number of nitrogens with zero attached hydrogens (tertiary/aromatic N) is 3. The van der Waals surface area contributed by atoms with Crippen molar-refractivity contribution < 1.29 is 4.52 Å². The molecule has 0 radical (unpaired) electrons. The van der Waals surface area contributed by atoms with Gasteiger partial charge >= 0.3 is 0 Å². The van der Waals surface area contributed by atoms with Crippen molar-refractivity contribution in [2.24, 2.45) is 0 Å². The second kappa shape index (κ2) is 4.45. The molecule has 0 spiro atoms. The fourth-order valence-electron chi connectivity index (χ4n) is 2.33. The van der Waals surface area contributed by atoms with Gasteiger partial charge in [0.25, 0.3) is 5.89 Å². The minimum Gasteiger partial charge on any atom is -0.383 e. The number of nitrogen functional groups attached to an aromatic ring is 1. The van der Waals surface area contributed by atoms with Gasteiger partial charge in [0.1, 0.15) is 11.4 Å². The number of aromatic nitrogens is 4. The lowest BCUT2D eigenvalue weighted by molar-refractivity contribution is 0.432. The molecule has 0 aliphatic heterocycles. The molecule has 4 rings (SSSR count). The minimum absolute atomic E-state index is 0.351. The van der Waals surface area contributed by atoms with E-state index in [9.17, 15) is 0 Å². The van der Waals surface area contributed by atoms with Gasteiger partial charge in [0, 0.05) is 5.56 Å². The van der Waals surface area contributed by atoms with Gasteiger partial charge in [-0.15, -0.1) is 0 Å². The van der Waals surface area contributed by atoms with Gasteiger partial charge in [-0.05, 0) is 10.8 Å². The molecular formula is C15H11N5O. The summed E-state index contributed by atoms with van der Waals surface area (Å²) in [7, 11) is 0. The first-order valence-corrected chi connectivity index (χ1v) is 6.44. The van der Waals surface area contributed by atoms with Crippen molar-refractivity contribution in [3.63, 3.8) is 0 Å². The van der Waals surface area contributed by atoms with Crippen LogP contribution in [0, 0.1) is 0 Å². The molecule has 3 N–H and O–H groups in total. The average molecular weight is 277 g/mol. The molecule has 2 heterocycles. The standard InChI is InChI=1S/C15H11N5O/c16-13-12(8-17-19-13)15-18-14(20-21-15)11-7-3-5-9-4-1-2-6-10(9)11/h1-8H,(H3,16,17,19). The summed E-state index contributed by atoms with van der Waals surface area (Å²) in [4.78, 5) is 4.42. The van der Waals surface area contributed by atoms with Crippen molar-refractivity contribution in [1.82, 2.24) is 20.3 Å². The van der Waals surface area contributed by atoms with Crippen molar-refractivity contribution in [3.05, 3.63) is 48.7 Å². The molecule has 0 unspecified atom stereocenters. The smallest absolute Gasteiger partial charge is 0.263 e. The maximum Gasteiger partial charge on any atom is 0.263 e. The van der Waals surface area contributed by atoms with E-state index in [2.05, 4.69) is 20.3 Å². The Labute approximate surface area is 119 Å². The summed E-state index contributed by atoms with van der Waals surface area (Å²) >= 11 is 0. The van der Waals surface area contributed by atoms with Gasteiger partial charge in [0.2, 0.25) is 5.82 Å². The molecule has 21 heavy (non-hydrogen) atoms. The molecule has 0 bridgehead atoms. The summed E-state index contributed by atoms with van der Waals surface area (Å²) in [5.41, 5.74) is 7.29. The number of benzene rings is 2. The van der Waals surface area contributed by atoms with Crippen LogP contribution < -0.4 is 5.73 Å². The van der Waals surface area contributed by atoms with Gasteiger partial charge in [-0.2, -0.15) is 10.1 Å². The first kappa shape index (κ1) is 11.7. The Hall–Kier alpha value is -3.15. The zero-order valence-corrected chi connectivity index (χ0v) is 10.9. The van der Waals surface area contributed by atoms with Crippen LogP contribution in [0.2, 0.25) is 0 Å². The first-order chi connectivity index (χ1) is 10.3. The van der Waals surface area contributed by atoms with Crippen molar-refractivity contribution in [3.8, 4) is 22.8 Å². The molecule has 0 amide bonds. The molecular weight excluding hydrogens is 266 g/mol. The topological polar surface area (TPSA) is 93.6 Å². The zero-order valence-electron chi connectivity index (χ0n) is 10.9. The van der Waals surface area contributed by atoms with E-state index < -0.39 is 0 Å². The Bertz CT molecular complexity index is 919. The van der Waals surface area contributed by atoms with Crippen molar-refractivity contribution in [2.75, 3.05) is 5.73 Å². The molecule has 0 aliphatic carbocycles. The highest BCUT2D eigenvalue weighted by molar-refractivity contribution is 5.95. The number of H-pyrrole nitrogens is 1. The van der Waals surface area contributed by atoms with Gasteiger partial charge < -0.3 is 10.3 Å². The average Bonchev–Trinajstić information content (AvgIpc) is 3.15. The van der Waals surface area contributed by atoms with E-state index in [1.807, 2.05) is 42.5 Å². The minimum atomic E-state index is 0.351. The molecule has 6 nitrogen and oxygen atoms in total. The number of hydrogen-bond acceptors (Lipinski definition) is 5. The van der Waals surface area contributed by atoms with E-state index in [0.717, 1.165) is 16.3 Å². The number of fused-ring (bicyclic) bond motifs is 1. The Morgan fingerprint density at radius 3 is 2.71 bits per heavy atom. The van der Waals surface area contributed by atoms with Crippen LogP contribution in [0.15, 0.2) is 53.2 Å². The fraction of sp³-hybridized carbons (Fsp3) is 0. The van der Waals surface area contributed by atoms with Crippen LogP contribution in [0.4, 0.5) is 5.82 Å². The van der Waals surface area contributed by atoms with Crippen LogP contribution in [0.3, 0.4) is 0 Å². The van der Waals surface area contributed by atoms with Crippen LogP contribution in [0.1, 0.15) is 0 Å². The van der Waals surface area contributed by atoms with Crippen molar-refractivity contribution in [1.29, 1.82) is 0 Å². The first-order valence-electron chi connectivity index (χ1n) is 6.44. The van der Waals surface area contributed by atoms with E-state index in [4.69, 9.17) is 10.3 Å². The van der Waals surface area contributed by atoms with Crippen LogP contribution in [-0.4, -0.2) is 20.3 Å². The van der Waals surface area contributed by atoms with Crippen molar-refractivity contribution in [2.45, 2.75) is 0 Å². The molecule has 0 saturated heterocycles. The molecule has 2 aromatic carbocycles. The van der Waals surface area contributed by atoms with Crippen LogP contribution in [0.5, 0.6) is 0 Å². The van der Waals surface area contributed by atoms with Gasteiger partial charge in [0.05, 0.1) is 6.20 Å². The second-order valence-corrected chi connectivity index (χ2v) is 4.65. The fourth-order valence-corrected chi connectivity index (χ4v) is 2.33. The Morgan fingerprint density at radius 1 is 1.00 bits per heavy atom. The quantitative estimate of drug-likeness (QED) is 0.587. The molecule has 0 aliphatic rings. The molecule has 102 valence electrons. The summed E-state index contributed by atoms with van der Waals surface area (Å²) in [6, 6.07) is 14.1. The summed E-state index contributed by atoms with van der Waals surface area (Å²) in [5.74, 6) is 1.29. The van der Waals surface area contributed by atoms with E-state index in [0.29, 0.717) is 23.1 Å². The van der Waals surface area contributed by atoms with E-state index in [-0.39, 0.29) is 0 Å². The lowest BCUT2D eigenvalue weighted by Gasteiger charge is -2.01. The number of nitrogens with two attached hydrogens (primary N) is 1. The normalized spacial score (nSPS) is 11.0.